The smallest absolute Gasteiger partial charge is 0.339 e. The zero-order valence-corrected chi connectivity index (χ0v) is 10.3. The Kier molecular flexibility index (Phi) is 5.06. The van der Waals surface area contributed by atoms with Gasteiger partial charge in [-0.25, -0.2) is 4.79 Å². The van der Waals surface area contributed by atoms with Crippen LogP contribution in [0.25, 0.3) is 0 Å². The molecule has 0 saturated carbocycles. The lowest BCUT2D eigenvalue weighted by Gasteiger charge is -2.13. The van der Waals surface area contributed by atoms with Gasteiger partial charge >= 0.3 is 5.97 Å². The third-order valence-electron chi connectivity index (χ3n) is 1.96. The van der Waals surface area contributed by atoms with Crippen LogP contribution in [-0.4, -0.2) is 31.6 Å². The molecule has 17 heavy (non-hydrogen) atoms. The highest BCUT2D eigenvalue weighted by molar-refractivity contribution is 6.31. The normalized spacial score (nSPS) is 10.1. The summed E-state index contributed by atoms with van der Waals surface area (Å²) < 4.78 is 15.2. The molecule has 0 aliphatic rings. The molecule has 0 aromatic heterocycles. The van der Waals surface area contributed by atoms with Crippen molar-refractivity contribution in [3.05, 3.63) is 22.7 Å². The van der Waals surface area contributed by atoms with Crippen LogP contribution < -0.4 is 9.47 Å². The molecule has 5 nitrogen and oxygen atoms in total. The lowest BCUT2D eigenvalue weighted by atomic mass is 10.2. The second-order valence-corrected chi connectivity index (χ2v) is 3.48. The highest BCUT2D eigenvalue weighted by Gasteiger charge is 2.18. The van der Waals surface area contributed by atoms with E-state index in [1.807, 2.05) is 0 Å². The van der Waals surface area contributed by atoms with E-state index in [9.17, 15) is 4.79 Å². The van der Waals surface area contributed by atoms with Gasteiger partial charge in [0.15, 0.2) is 18.3 Å². The van der Waals surface area contributed by atoms with Crippen molar-refractivity contribution in [2.45, 2.75) is 6.92 Å². The van der Waals surface area contributed by atoms with Crippen LogP contribution in [0.2, 0.25) is 5.02 Å². The Morgan fingerprint density at radius 1 is 1.47 bits per heavy atom. The first kappa shape index (κ1) is 13.6. The molecule has 6 heteroatoms. The fourth-order valence-corrected chi connectivity index (χ4v) is 1.42. The van der Waals surface area contributed by atoms with Crippen molar-refractivity contribution in [3.8, 4) is 11.5 Å². The average molecular weight is 261 g/mol. The summed E-state index contributed by atoms with van der Waals surface area (Å²) in [6.07, 6.45) is 0. The van der Waals surface area contributed by atoms with E-state index in [2.05, 4.69) is 0 Å². The maximum atomic E-state index is 11.0. The van der Waals surface area contributed by atoms with E-state index in [1.165, 1.54) is 19.2 Å². The number of carbonyl (C=O) groups is 1. The van der Waals surface area contributed by atoms with Gasteiger partial charge in [0.1, 0.15) is 5.56 Å². The van der Waals surface area contributed by atoms with Crippen molar-refractivity contribution in [2.24, 2.45) is 0 Å². The van der Waals surface area contributed by atoms with Crippen LogP contribution in [0.4, 0.5) is 0 Å². The molecule has 1 aromatic carbocycles. The maximum Gasteiger partial charge on any atom is 0.339 e. The Labute approximate surface area is 104 Å². The second kappa shape index (κ2) is 6.32. The average Bonchev–Trinajstić information content (AvgIpc) is 2.30. The van der Waals surface area contributed by atoms with Crippen LogP contribution in [-0.2, 0) is 4.74 Å². The molecule has 1 rings (SSSR count). The molecule has 0 fully saturated rings. The highest BCUT2D eigenvalue weighted by Crippen LogP contribution is 2.34. The molecule has 0 atom stereocenters. The molecule has 0 radical (unpaired) electrons. The summed E-state index contributed by atoms with van der Waals surface area (Å²) in [5, 5.41) is 9.30. The molecule has 0 heterocycles. The molecule has 0 aliphatic carbocycles. The monoisotopic (exact) mass is 260 g/mol. The predicted molar refractivity (Wildman–Crippen MR) is 62.1 cm³/mol. The fourth-order valence-electron chi connectivity index (χ4n) is 1.21. The number of hydrogen-bond donors (Lipinski definition) is 1. The largest absolute Gasteiger partial charge is 0.493 e. The predicted octanol–water partition coefficient (Wildman–Crippen LogP) is 2.42. The molecule has 0 amide bonds. The Balaban J connectivity index is 3.08. The van der Waals surface area contributed by atoms with Crippen molar-refractivity contribution in [1.82, 2.24) is 0 Å². The van der Waals surface area contributed by atoms with E-state index < -0.39 is 5.97 Å². The van der Waals surface area contributed by atoms with Crippen molar-refractivity contribution >= 4 is 17.6 Å². The minimum Gasteiger partial charge on any atom is -0.493 e. The van der Waals surface area contributed by atoms with Crippen molar-refractivity contribution in [2.75, 3.05) is 20.5 Å². The fraction of sp³-hybridized carbons (Fsp3) is 0.364. The molecule has 0 spiro atoms. The Bertz CT molecular complexity index is 405. The number of benzene rings is 1. The van der Waals surface area contributed by atoms with Gasteiger partial charge in [0, 0.05) is 17.7 Å². The SMILES string of the molecule is CCOCOc1c(OC)cc(Cl)cc1C(=O)O. The van der Waals surface area contributed by atoms with Crippen molar-refractivity contribution in [3.63, 3.8) is 0 Å². The standard InChI is InChI=1S/C11H13ClO5/c1-3-16-6-17-10-8(11(13)14)4-7(12)5-9(10)15-2/h4-5H,3,6H2,1-2H3,(H,13,14). The molecule has 0 saturated heterocycles. The number of methoxy groups -OCH3 is 1. The van der Waals surface area contributed by atoms with Gasteiger partial charge < -0.3 is 19.3 Å². The summed E-state index contributed by atoms with van der Waals surface area (Å²) in [7, 11) is 1.41. The van der Waals surface area contributed by atoms with E-state index in [1.54, 1.807) is 6.92 Å². The summed E-state index contributed by atoms with van der Waals surface area (Å²) >= 11 is 5.78. The number of rotatable bonds is 6. The van der Waals surface area contributed by atoms with Gasteiger partial charge in [-0.2, -0.15) is 0 Å². The third-order valence-corrected chi connectivity index (χ3v) is 2.18. The zero-order valence-electron chi connectivity index (χ0n) is 9.53. The van der Waals surface area contributed by atoms with Gasteiger partial charge in [0.05, 0.1) is 7.11 Å². The van der Waals surface area contributed by atoms with E-state index in [-0.39, 0.29) is 28.9 Å². The first-order valence-corrected chi connectivity index (χ1v) is 5.29. The van der Waals surface area contributed by atoms with Crippen LogP contribution in [0, 0.1) is 0 Å². The maximum absolute atomic E-state index is 11.0. The molecular formula is C11H13ClO5. The minimum absolute atomic E-state index is 0.0469. The Hall–Kier alpha value is -1.46. The van der Waals surface area contributed by atoms with Crippen LogP contribution in [0.3, 0.4) is 0 Å². The van der Waals surface area contributed by atoms with E-state index in [0.29, 0.717) is 6.61 Å². The quantitative estimate of drug-likeness (QED) is 0.629. The van der Waals surface area contributed by atoms with Gasteiger partial charge in [-0.05, 0) is 13.0 Å². The summed E-state index contributed by atoms with van der Waals surface area (Å²) in [6, 6.07) is 2.78. The number of carboxylic acids is 1. The van der Waals surface area contributed by atoms with E-state index in [0.717, 1.165) is 0 Å². The Morgan fingerprint density at radius 3 is 2.71 bits per heavy atom. The number of aromatic carboxylic acids is 1. The van der Waals surface area contributed by atoms with Gasteiger partial charge in [-0.3, -0.25) is 0 Å². The zero-order chi connectivity index (χ0) is 12.8. The number of hydrogen-bond acceptors (Lipinski definition) is 4. The number of ether oxygens (including phenoxy) is 3. The lowest BCUT2D eigenvalue weighted by Crippen LogP contribution is -2.08. The summed E-state index contributed by atoms with van der Waals surface area (Å²) in [6.45, 7) is 2.23. The van der Waals surface area contributed by atoms with Gasteiger partial charge in [0.2, 0.25) is 0 Å². The van der Waals surface area contributed by atoms with Crippen molar-refractivity contribution < 1.29 is 24.1 Å². The highest BCUT2D eigenvalue weighted by atomic mass is 35.5. The lowest BCUT2D eigenvalue weighted by molar-refractivity contribution is 0.0198. The first-order chi connectivity index (χ1) is 8.10. The summed E-state index contributed by atoms with van der Waals surface area (Å²) in [5.41, 5.74) is -0.0611. The molecule has 94 valence electrons. The second-order valence-electron chi connectivity index (χ2n) is 3.04. The first-order valence-electron chi connectivity index (χ1n) is 4.91. The summed E-state index contributed by atoms with van der Waals surface area (Å²) in [5.74, 6) is -0.773. The van der Waals surface area contributed by atoms with Gasteiger partial charge in [0.25, 0.3) is 0 Å². The topological polar surface area (TPSA) is 65.0 Å². The molecule has 0 bridgehead atoms. The molecule has 0 unspecified atom stereocenters. The third kappa shape index (κ3) is 3.51. The molecular weight excluding hydrogens is 248 g/mol. The molecule has 1 N–H and O–H groups in total. The van der Waals surface area contributed by atoms with Crippen LogP contribution in [0.5, 0.6) is 11.5 Å². The Morgan fingerprint density at radius 2 is 2.18 bits per heavy atom. The van der Waals surface area contributed by atoms with Gasteiger partial charge in [-0.1, -0.05) is 11.6 Å². The van der Waals surface area contributed by atoms with E-state index >= 15 is 0 Å². The minimum atomic E-state index is -1.14. The van der Waals surface area contributed by atoms with E-state index in [4.69, 9.17) is 30.9 Å². The molecule has 0 aliphatic heterocycles. The van der Waals surface area contributed by atoms with Crippen LogP contribution in [0.1, 0.15) is 17.3 Å². The van der Waals surface area contributed by atoms with Crippen LogP contribution >= 0.6 is 11.6 Å². The number of halogens is 1. The number of carboxylic acid groups (broad SMARTS) is 1. The van der Waals surface area contributed by atoms with Gasteiger partial charge in [-0.15, -0.1) is 0 Å². The van der Waals surface area contributed by atoms with Crippen molar-refractivity contribution in [1.29, 1.82) is 0 Å². The summed E-state index contributed by atoms with van der Waals surface area (Å²) in [4.78, 5) is 11.0. The van der Waals surface area contributed by atoms with Crippen LogP contribution in [0.15, 0.2) is 12.1 Å². The molecule has 1 aromatic rings.